The first-order valence-corrected chi connectivity index (χ1v) is 9.30. The maximum absolute atomic E-state index is 12.3. The summed E-state index contributed by atoms with van der Waals surface area (Å²) >= 11 is 0. The summed E-state index contributed by atoms with van der Waals surface area (Å²) in [5.41, 5.74) is 1.07. The number of nitrogens with zero attached hydrogens (tertiary/aromatic N) is 1. The van der Waals surface area contributed by atoms with Crippen LogP contribution in [0.4, 0.5) is 0 Å². The minimum atomic E-state index is -0.565. The van der Waals surface area contributed by atoms with Crippen molar-refractivity contribution < 1.29 is 23.8 Å². The van der Waals surface area contributed by atoms with Crippen molar-refractivity contribution in [1.29, 1.82) is 0 Å². The summed E-state index contributed by atoms with van der Waals surface area (Å²) < 4.78 is 16.0. The molecule has 0 bridgehead atoms. The van der Waals surface area contributed by atoms with Gasteiger partial charge < -0.3 is 19.5 Å². The Bertz CT molecular complexity index is 967. The number of carbonyl (C=O) groups is 2. The van der Waals surface area contributed by atoms with Gasteiger partial charge in [-0.3, -0.25) is 9.78 Å². The number of ether oxygens (including phenoxy) is 3. The van der Waals surface area contributed by atoms with Crippen molar-refractivity contribution in [2.24, 2.45) is 0 Å². The molecule has 0 aliphatic heterocycles. The molecular formula is C22H22N2O5. The Labute approximate surface area is 168 Å². The topological polar surface area (TPSA) is 86.8 Å². The number of rotatable bonds is 9. The monoisotopic (exact) mass is 394 g/mol. The molecule has 3 rings (SSSR count). The Morgan fingerprint density at radius 2 is 1.72 bits per heavy atom. The second-order valence-corrected chi connectivity index (χ2v) is 6.05. The molecule has 7 nitrogen and oxygen atoms in total. The van der Waals surface area contributed by atoms with E-state index in [2.05, 4.69) is 10.3 Å². The molecule has 7 heteroatoms. The van der Waals surface area contributed by atoms with E-state index in [1.165, 1.54) is 0 Å². The van der Waals surface area contributed by atoms with Crippen LogP contribution in [0.15, 0.2) is 60.8 Å². The van der Waals surface area contributed by atoms with Crippen LogP contribution in [0.5, 0.6) is 11.5 Å². The average molecular weight is 394 g/mol. The van der Waals surface area contributed by atoms with Gasteiger partial charge in [0, 0.05) is 11.6 Å². The molecule has 0 unspecified atom stereocenters. The number of amides is 1. The van der Waals surface area contributed by atoms with Gasteiger partial charge >= 0.3 is 5.97 Å². The van der Waals surface area contributed by atoms with Crippen LogP contribution in [0.25, 0.3) is 10.9 Å². The highest BCUT2D eigenvalue weighted by molar-refractivity contribution is 6.03. The molecule has 0 aliphatic carbocycles. The summed E-state index contributed by atoms with van der Waals surface area (Å²) in [6.45, 7) is 2.75. The highest BCUT2D eigenvalue weighted by Gasteiger charge is 2.13. The number of pyridine rings is 1. The Balaban J connectivity index is 1.40. The van der Waals surface area contributed by atoms with Gasteiger partial charge in [-0.2, -0.15) is 0 Å². The Morgan fingerprint density at radius 3 is 2.48 bits per heavy atom. The van der Waals surface area contributed by atoms with Crippen LogP contribution < -0.4 is 14.8 Å². The molecule has 0 radical (unpaired) electrons. The Morgan fingerprint density at radius 1 is 0.966 bits per heavy atom. The average Bonchev–Trinajstić information content (AvgIpc) is 2.76. The van der Waals surface area contributed by atoms with E-state index < -0.39 is 11.9 Å². The van der Waals surface area contributed by atoms with Crippen molar-refractivity contribution >= 4 is 22.8 Å². The smallest absolute Gasteiger partial charge is 0.339 e. The normalized spacial score (nSPS) is 10.4. The Kier molecular flexibility index (Phi) is 7.00. The molecule has 0 atom stereocenters. The van der Waals surface area contributed by atoms with Crippen molar-refractivity contribution in [2.45, 2.75) is 6.92 Å². The molecule has 0 spiro atoms. The number of hydrogen-bond acceptors (Lipinski definition) is 6. The molecule has 29 heavy (non-hydrogen) atoms. The first-order chi connectivity index (χ1) is 14.2. The fourth-order valence-corrected chi connectivity index (χ4v) is 2.70. The lowest BCUT2D eigenvalue weighted by Gasteiger charge is -2.10. The highest BCUT2D eigenvalue weighted by Crippen LogP contribution is 2.18. The number of aromatic nitrogens is 1. The number of esters is 1. The van der Waals surface area contributed by atoms with Crippen LogP contribution in [0, 0.1) is 0 Å². The summed E-state index contributed by atoms with van der Waals surface area (Å²) in [5, 5.41) is 3.33. The van der Waals surface area contributed by atoms with E-state index in [1.54, 1.807) is 42.6 Å². The Hall–Kier alpha value is -3.61. The quantitative estimate of drug-likeness (QED) is 0.444. The van der Waals surface area contributed by atoms with Gasteiger partial charge in [0.15, 0.2) is 6.61 Å². The van der Waals surface area contributed by atoms with Gasteiger partial charge in [-0.05, 0) is 49.4 Å². The summed E-state index contributed by atoms with van der Waals surface area (Å²) in [6.07, 6.45) is 1.65. The van der Waals surface area contributed by atoms with E-state index >= 15 is 0 Å². The zero-order chi connectivity index (χ0) is 20.5. The fourth-order valence-electron chi connectivity index (χ4n) is 2.70. The first-order valence-electron chi connectivity index (χ1n) is 9.30. The summed E-state index contributed by atoms with van der Waals surface area (Å²) in [5.74, 6) is 0.493. The van der Waals surface area contributed by atoms with E-state index in [-0.39, 0.29) is 6.61 Å². The van der Waals surface area contributed by atoms with Gasteiger partial charge in [-0.25, -0.2) is 4.79 Å². The minimum Gasteiger partial charge on any atom is -0.494 e. The number of fused-ring (bicyclic) bond motifs is 1. The standard InChI is InChI=1S/C22H22N2O5/c1-2-27-16-8-10-17(11-9-16)28-14-13-24-21(25)15-29-22(26)19-5-3-7-20-18(19)6-4-12-23-20/h3-12H,2,13-15H2,1H3,(H,24,25). The van der Waals surface area contributed by atoms with Gasteiger partial charge in [0.2, 0.25) is 0 Å². The SMILES string of the molecule is CCOc1ccc(OCCNC(=O)COC(=O)c2cccc3ncccc23)cc1. The first kappa shape index (κ1) is 20.1. The largest absolute Gasteiger partial charge is 0.494 e. The molecule has 3 aromatic rings. The number of benzene rings is 2. The van der Waals surface area contributed by atoms with E-state index in [4.69, 9.17) is 14.2 Å². The third kappa shape index (κ3) is 5.68. The number of nitrogens with one attached hydrogen (secondary N) is 1. The second-order valence-electron chi connectivity index (χ2n) is 6.05. The lowest BCUT2D eigenvalue weighted by atomic mass is 10.1. The van der Waals surface area contributed by atoms with Gasteiger partial charge in [0.25, 0.3) is 5.91 Å². The lowest BCUT2D eigenvalue weighted by molar-refractivity contribution is -0.124. The maximum atomic E-state index is 12.3. The zero-order valence-electron chi connectivity index (χ0n) is 16.1. The predicted octanol–water partition coefficient (Wildman–Crippen LogP) is 2.99. The van der Waals surface area contributed by atoms with Crippen LogP contribution in [-0.4, -0.2) is 43.2 Å². The van der Waals surface area contributed by atoms with Crippen LogP contribution in [0.3, 0.4) is 0 Å². The van der Waals surface area contributed by atoms with Crippen LogP contribution in [0.1, 0.15) is 17.3 Å². The van der Waals surface area contributed by atoms with E-state index in [0.717, 1.165) is 5.75 Å². The van der Waals surface area contributed by atoms with Crippen LogP contribution in [0.2, 0.25) is 0 Å². The number of carbonyl (C=O) groups excluding carboxylic acids is 2. The van der Waals surface area contributed by atoms with Crippen LogP contribution >= 0.6 is 0 Å². The van der Waals surface area contributed by atoms with Crippen molar-refractivity contribution in [2.75, 3.05) is 26.4 Å². The van der Waals surface area contributed by atoms with E-state index in [1.807, 2.05) is 25.1 Å². The summed E-state index contributed by atoms with van der Waals surface area (Å²) in [4.78, 5) is 28.4. The molecule has 1 aromatic heterocycles. The summed E-state index contributed by atoms with van der Waals surface area (Å²) in [6, 6.07) is 16.0. The van der Waals surface area contributed by atoms with Crippen molar-refractivity contribution in [3.63, 3.8) is 0 Å². The van der Waals surface area contributed by atoms with E-state index in [0.29, 0.717) is 42.0 Å². The second kappa shape index (κ2) is 10.1. The third-order valence-corrected chi connectivity index (χ3v) is 4.03. The molecule has 0 saturated heterocycles. The van der Waals surface area contributed by atoms with Crippen molar-refractivity contribution in [3.05, 3.63) is 66.4 Å². The molecule has 0 saturated carbocycles. The van der Waals surface area contributed by atoms with E-state index in [9.17, 15) is 9.59 Å². The molecule has 150 valence electrons. The minimum absolute atomic E-state index is 0.293. The van der Waals surface area contributed by atoms with Crippen molar-refractivity contribution in [1.82, 2.24) is 10.3 Å². The lowest BCUT2D eigenvalue weighted by Crippen LogP contribution is -2.32. The van der Waals surface area contributed by atoms with Gasteiger partial charge in [0.05, 0.1) is 24.2 Å². The summed E-state index contributed by atoms with van der Waals surface area (Å²) in [7, 11) is 0. The van der Waals surface area contributed by atoms with Gasteiger partial charge in [0.1, 0.15) is 18.1 Å². The zero-order valence-corrected chi connectivity index (χ0v) is 16.1. The van der Waals surface area contributed by atoms with Crippen molar-refractivity contribution in [3.8, 4) is 11.5 Å². The van der Waals surface area contributed by atoms with Gasteiger partial charge in [-0.15, -0.1) is 0 Å². The molecule has 1 amide bonds. The third-order valence-electron chi connectivity index (χ3n) is 4.03. The molecule has 1 N–H and O–H groups in total. The molecule has 2 aromatic carbocycles. The molecular weight excluding hydrogens is 372 g/mol. The number of hydrogen-bond donors (Lipinski definition) is 1. The fraction of sp³-hybridized carbons (Fsp3) is 0.227. The van der Waals surface area contributed by atoms with Gasteiger partial charge in [-0.1, -0.05) is 12.1 Å². The molecule has 0 aliphatic rings. The predicted molar refractivity (Wildman–Crippen MR) is 108 cm³/mol. The molecule has 0 fully saturated rings. The molecule has 1 heterocycles. The highest BCUT2D eigenvalue weighted by atomic mass is 16.5. The maximum Gasteiger partial charge on any atom is 0.339 e. The van der Waals surface area contributed by atoms with Crippen LogP contribution in [-0.2, 0) is 9.53 Å².